The first-order chi connectivity index (χ1) is 28.8. The summed E-state index contributed by atoms with van der Waals surface area (Å²) in [7, 11) is -0.358. The van der Waals surface area contributed by atoms with Gasteiger partial charge in [-0.25, -0.2) is 0 Å². The van der Waals surface area contributed by atoms with Crippen LogP contribution in [0.1, 0.15) is 173 Å². The fourth-order valence-corrected chi connectivity index (χ4v) is 10.9. The lowest BCUT2D eigenvalue weighted by molar-refractivity contribution is 0.00578. The van der Waals surface area contributed by atoms with Gasteiger partial charge in [0.25, 0.3) is 0 Å². The molecule has 1 fully saturated rings. The maximum absolute atomic E-state index is 6.40. The molecule has 5 aromatic rings. The zero-order valence-electron chi connectivity index (χ0n) is 38.5. The van der Waals surface area contributed by atoms with E-state index in [2.05, 4.69) is 159 Å². The van der Waals surface area contributed by atoms with E-state index in [-0.39, 0.29) is 29.2 Å². The van der Waals surface area contributed by atoms with E-state index < -0.39 is 0 Å². The van der Waals surface area contributed by atoms with Crippen molar-refractivity contribution in [1.29, 1.82) is 0 Å². The van der Waals surface area contributed by atoms with Crippen LogP contribution in [0.3, 0.4) is 0 Å². The molecule has 0 aromatic heterocycles. The van der Waals surface area contributed by atoms with Crippen molar-refractivity contribution in [3.63, 3.8) is 0 Å². The van der Waals surface area contributed by atoms with Crippen molar-refractivity contribution in [3.05, 3.63) is 125 Å². The van der Waals surface area contributed by atoms with Crippen LogP contribution in [0.15, 0.2) is 97.1 Å². The molecule has 1 saturated heterocycles. The Balaban J connectivity index is 1.09. The highest BCUT2D eigenvalue weighted by Crippen LogP contribution is 2.56. The fourth-order valence-electron chi connectivity index (χ4n) is 10.9. The number of hydrogen-bond acceptors (Lipinski definition) is 2. The smallest absolute Gasteiger partial charge is 0.399 e. The Kier molecular flexibility index (Phi) is 12.2. The third-order valence-corrected chi connectivity index (χ3v) is 15.3. The number of unbranched alkanes of at least 4 members (excludes halogenated alkanes) is 10. The van der Waals surface area contributed by atoms with Crippen LogP contribution in [0.25, 0.3) is 44.5 Å². The van der Waals surface area contributed by atoms with Gasteiger partial charge in [0.15, 0.2) is 0 Å². The molecule has 5 aromatic carbocycles. The first-order valence-corrected chi connectivity index (χ1v) is 23.8. The normalized spacial score (nSPS) is 17.4. The molecule has 3 heteroatoms. The van der Waals surface area contributed by atoms with E-state index in [0.717, 1.165) is 5.46 Å². The predicted octanol–water partition coefficient (Wildman–Crippen LogP) is 15.7. The first kappa shape index (κ1) is 42.8. The average Bonchev–Trinajstić information content (AvgIpc) is 3.73. The minimum atomic E-state index is -0.359. The van der Waals surface area contributed by atoms with E-state index in [1.54, 1.807) is 11.1 Å². The Hall–Kier alpha value is -3.92. The summed E-state index contributed by atoms with van der Waals surface area (Å²) in [4.78, 5) is 0. The molecule has 0 radical (unpaired) electrons. The highest BCUT2D eigenvalue weighted by molar-refractivity contribution is 6.62. The second-order valence-corrected chi connectivity index (χ2v) is 20.2. The zero-order valence-corrected chi connectivity index (χ0v) is 38.5. The molecule has 0 unspecified atom stereocenters. The van der Waals surface area contributed by atoms with Crippen LogP contribution in [0.5, 0.6) is 0 Å². The highest BCUT2D eigenvalue weighted by atomic mass is 16.7. The van der Waals surface area contributed by atoms with Crippen LogP contribution in [0, 0.1) is 6.92 Å². The van der Waals surface area contributed by atoms with Gasteiger partial charge in [-0.15, -0.1) is 0 Å². The van der Waals surface area contributed by atoms with Gasteiger partial charge in [-0.1, -0.05) is 184 Å². The van der Waals surface area contributed by atoms with Crippen LogP contribution in [0.4, 0.5) is 0 Å². The van der Waals surface area contributed by atoms with Gasteiger partial charge in [0, 0.05) is 10.8 Å². The summed E-state index contributed by atoms with van der Waals surface area (Å²) in [5, 5.41) is 0. The molecular weight excluding hydrogens is 727 g/mol. The van der Waals surface area contributed by atoms with E-state index in [9.17, 15) is 0 Å². The molecule has 0 bridgehead atoms. The first-order valence-electron chi connectivity index (χ1n) is 23.8. The van der Waals surface area contributed by atoms with Gasteiger partial charge in [-0.3, -0.25) is 0 Å². The van der Waals surface area contributed by atoms with Crippen LogP contribution < -0.4 is 5.46 Å². The lowest BCUT2D eigenvalue weighted by Gasteiger charge is -2.33. The molecular formula is C57H71BO2. The fraction of sp³-hybridized carbons (Fsp3) is 0.474. The van der Waals surface area contributed by atoms with E-state index in [1.165, 1.54) is 151 Å². The summed E-state index contributed by atoms with van der Waals surface area (Å²) < 4.78 is 12.8. The van der Waals surface area contributed by atoms with Gasteiger partial charge in [0.05, 0.1) is 11.2 Å². The summed E-state index contributed by atoms with van der Waals surface area (Å²) in [6.07, 6.45) is 18.6. The number of benzene rings is 5. The molecule has 0 N–H and O–H groups in total. The van der Waals surface area contributed by atoms with E-state index in [0.29, 0.717) is 0 Å². The largest absolute Gasteiger partial charge is 0.494 e. The quantitative estimate of drug-likeness (QED) is 0.0689. The van der Waals surface area contributed by atoms with Crippen molar-refractivity contribution < 1.29 is 9.31 Å². The number of hydrogen-bond donors (Lipinski definition) is 0. The van der Waals surface area contributed by atoms with E-state index in [4.69, 9.17) is 9.31 Å². The van der Waals surface area contributed by atoms with Gasteiger partial charge in [-0.05, 0) is 143 Å². The van der Waals surface area contributed by atoms with Crippen molar-refractivity contribution in [2.75, 3.05) is 0 Å². The highest BCUT2D eigenvalue weighted by Gasteiger charge is 2.52. The Morgan fingerprint density at radius 2 is 0.883 bits per heavy atom. The molecule has 0 saturated carbocycles. The molecule has 60 heavy (non-hydrogen) atoms. The molecule has 1 heterocycles. The number of fused-ring (bicyclic) bond motifs is 6. The Morgan fingerprint density at radius 3 is 1.45 bits per heavy atom. The molecule has 1 aliphatic heterocycles. The summed E-state index contributed by atoms with van der Waals surface area (Å²) >= 11 is 0. The maximum Gasteiger partial charge on any atom is 0.494 e. The Morgan fingerprint density at radius 1 is 0.433 bits per heavy atom. The predicted molar refractivity (Wildman–Crippen MR) is 258 cm³/mol. The van der Waals surface area contributed by atoms with Crippen LogP contribution in [-0.2, 0) is 20.1 Å². The molecule has 3 aliphatic rings. The van der Waals surface area contributed by atoms with Crippen LogP contribution >= 0.6 is 0 Å². The van der Waals surface area contributed by atoms with Crippen LogP contribution in [0.2, 0.25) is 0 Å². The topological polar surface area (TPSA) is 18.5 Å². The van der Waals surface area contributed by atoms with E-state index >= 15 is 0 Å². The SMILES string of the molecule is CCCCCCCCC1(CCCCCCCC)c2ccccc2-c2ccc(-c3ccc4c(c3)C(C)(C)c3cc(-c5ccc(B6OC(C)(C)C(C)(C)O6)cc5C)ccc3-4)cc21. The lowest BCUT2D eigenvalue weighted by atomic mass is 9.70. The summed E-state index contributed by atoms with van der Waals surface area (Å²) in [5.74, 6) is 0. The summed E-state index contributed by atoms with van der Waals surface area (Å²) in [6.45, 7) is 20.2. The van der Waals surface area contributed by atoms with Gasteiger partial charge >= 0.3 is 7.12 Å². The van der Waals surface area contributed by atoms with Gasteiger partial charge < -0.3 is 9.31 Å². The zero-order chi connectivity index (χ0) is 42.3. The van der Waals surface area contributed by atoms with Crippen molar-refractivity contribution >= 4 is 12.6 Å². The second kappa shape index (κ2) is 17.1. The molecule has 8 rings (SSSR count). The molecule has 0 spiro atoms. The van der Waals surface area contributed by atoms with Gasteiger partial charge in [0.2, 0.25) is 0 Å². The third-order valence-electron chi connectivity index (χ3n) is 15.3. The van der Waals surface area contributed by atoms with Crippen molar-refractivity contribution in [2.24, 2.45) is 0 Å². The minimum Gasteiger partial charge on any atom is -0.399 e. The molecule has 0 amide bonds. The van der Waals surface area contributed by atoms with Crippen molar-refractivity contribution in [1.82, 2.24) is 0 Å². The maximum atomic E-state index is 6.40. The monoisotopic (exact) mass is 799 g/mol. The molecule has 314 valence electrons. The molecule has 2 nitrogen and oxygen atoms in total. The van der Waals surface area contributed by atoms with Gasteiger partial charge in [-0.2, -0.15) is 0 Å². The van der Waals surface area contributed by atoms with Crippen LogP contribution in [-0.4, -0.2) is 18.3 Å². The average molecular weight is 799 g/mol. The van der Waals surface area contributed by atoms with E-state index in [1.807, 2.05) is 0 Å². The standard InChI is InChI=1S/C57H71BO2/c1-10-12-14-16-18-22-34-57(35-23-19-17-15-13-11-2)50-25-21-20-24-46(50)49-31-27-42(38-53(49)57)41-26-30-47-48-32-28-43(39-52(48)54(4,5)51(47)37-41)45-33-29-44(36-40(45)3)58-59-55(6,7)56(8,9)60-58/h20-21,24-33,36-39H,10-19,22-23,34-35H2,1-9H3. The number of rotatable bonds is 17. The summed E-state index contributed by atoms with van der Waals surface area (Å²) in [6, 6.07) is 38.1. The second-order valence-electron chi connectivity index (χ2n) is 20.2. The Bertz CT molecular complexity index is 2300. The minimum absolute atomic E-state index is 0.0841. The molecule has 0 atom stereocenters. The lowest BCUT2D eigenvalue weighted by Crippen LogP contribution is -2.41. The van der Waals surface area contributed by atoms with Gasteiger partial charge in [0.1, 0.15) is 0 Å². The van der Waals surface area contributed by atoms with Crippen molar-refractivity contribution in [2.45, 2.75) is 174 Å². The molecule has 2 aliphatic carbocycles. The third kappa shape index (κ3) is 7.77. The number of aryl methyl sites for hydroxylation is 1. The van der Waals surface area contributed by atoms with Crippen molar-refractivity contribution in [3.8, 4) is 44.5 Å². The Labute approximate surface area is 364 Å². The summed E-state index contributed by atoms with van der Waals surface area (Å²) in [5.41, 5.74) is 18.4.